The second-order valence-corrected chi connectivity index (χ2v) is 6.41. The first-order valence-electron chi connectivity index (χ1n) is 6.73. The number of ether oxygens (including phenoxy) is 1. The summed E-state index contributed by atoms with van der Waals surface area (Å²) in [6, 6.07) is 0. The molecule has 1 aliphatic rings. The SMILES string of the molecule is CNc1ncnc2c1ncn2[C@H]1CC[C@@H](/C=C/P(=O)(O)O)O1. The fourth-order valence-corrected chi connectivity index (χ4v) is 2.86. The molecule has 9 nitrogen and oxygen atoms in total. The summed E-state index contributed by atoms with van der Waals surface area (Å²) >= 11 is 0. The quantitative estimate of drug-likeness (QED) is 0.718. The van der Waals surface area contributed by atoms with Gasteiger partial charge in [-0.15, -0.1) is 0 Å². The molecule has 1 saturated heterocycles. The molecule has 1 aliphatic heterocycles. The maximum atomic E-state index is 10.9. The van der Waals surface area contributed by atoms with Gasteiger partial charge in [0.1, 0.15) is 18.1 Å². The van der Waals surface area contributed by atoms with E-state index in [2.05, 4.69) is 20.3 Å². The Bertz CT molecular complexity index is 755. The van der Waals surface area contributed by atoms with Gasteiger partial charge in [-0.3, -0.25) is 9.13 Å². The van der Waals surface area contributed by atoms with E-state index in [0.717, 1.165) is 5.82 Å². The van der Waals surface area contributed by atoms with Crippen molar-refractivity contribution in [2.24, 2.45) is 0 Å². The van der Waals surface area contributed by atoms with Gasteiger partial charge in [-0.2, -0.15) is 0 Å². The molecule has 22 heavy (non-hydrogen) atoms. The van der Waals surface area contributed by atoms with Crippen molar-refractivity contribution in [1.82, 2.24) is 19.5 Å². The molecule has 0 aromatic carbocycles. The van der Waals surface area contributed by atoms with Crippen LogP contribution in [0.25, 0.3) is 11.2 Å². The van der Waals surface area contributed by atoms with Crippen molar-refractivity contribution in [2.75, 3.05) is 12.4 Å². The van der Waals surface area contributed by atoms with Crippen LogP contribution >= 0.6 is 7.60 Å². The van der Waals surface area contributed by atoms with E-state index < -0.39 is 7.60 Å². The van der Waals surface area contributed by atoms with Crippen LogP contribution in [0, 0.1) is 0 Å². The van der Waals surface area contributed by atoms with Gasteiger partial charge >= 0.3 is 7.60 Å². The number of fused-ring (bicyclic) bond motifs is 1. The van der Waals surface area contributed by atoms with Crippen LogP contribution in [0.1, 0.15) is 19.1 Å². The predicted molar refractivity (Wildman–Crippen MR) is 79.2 cm³/mol. The van der Waals surface area contributed by atoms with Crippen LogP contribution in [0.4, 0.5) is 5.82 Å². The minimum Gasteiger partial charge on any atom is -0.371 e. The summed E-state index contributed by atoms with van der Waals surface area (Å²) in [6.07, 6.45) is 5.28. The monoisotopic (exact) mass is 325 g/mol. The molecule has 2 aromatic heterocycles. The van der Waals surface area contributed by atoms with E-state index in [0.29, 0.717) is 29.8 Å². The largest absolute Gasteiger partial charge is 0.371 e. The smallest absolute Gasteiger partial charge is 0.348 e. The average Bonchev–Trinajstić information content (AvgIpc) is 3.10. The van der Waals surface area contributed by atoms with Crippen molar-refractivity contribution in [3.63, 3.8) is 0 Å². The van der Waals surface area contributed by atoms with Crippen LogP contribution in [0.3, 0.4) is 0 Å². The van der Waals surface area contributed by atoms with Gasteiger partial charge in [0.2, 0.25) is 0 Å². The Hall–Kier alpha value is -1.80. The van der Waals surface area contributed by atoms with E-state index in [9.17, 15) is 4.57 Å². The Kier molecular flexibility index (Phi) is 3.96. The number of nitrogens with zero attached hydrogens (tertiary/aromatic N) is 4. The fourth-order valence-electron chi connectivity index (χ4n) is 2.44. The molecule has 10 heteroatoms. The molecule has 1 fully saturated rings. The van der Waals surface area contributed by atoms with E-state index in [4.69, 9.17) is 14.5 Å². The molecule has 0 radical (unpaired) electrons. The topological polar surface area (TPSA) is 122 Å². The van der Waals surface area contributed by atoms with Crippen LogP contribution in [0.2, 0.25) is 0 Å². The van der Waals surface area contributed by atoms with Gasteiger partial charge < -0.3 is 19.8 Å². The normalized spacial score (nSPS) is 22.7. The number of imidazole rings is 1. The number of hydrogen-bond donors (Lipinski definition) is 3. The summed E-state index contributed by atoms with van der Waals surface area (Å²) in [6.45, 7) is 0. The molecule has 0 aliphatic carbocycles. The van der Waals surface area contributed by atoms with Gasteiger partial charge in [0.05, 0.1) is 12.4 Å². The third-order valence-electron chi connectivity index (χ3n) is 3.43. The zero-order valence-corrected chi connectivity index (χ0v) is 12.7. The van der Waals surface area contributed by atoms with Crippen LogP contribution in [-0.2, 0) is 9.30 Å². The zero-order valence-electron chi connectivity index (χ0n) is 11.8. The lowest BCUT2D eigenvalue weighted by Crippen LogP contribution is -2.09. The van der Waals surface area contributed by atoms with Crippen molar-refractivity contribution < 1.29 is 19.1 Å². The molecule has 0 bridgehead atoms. The number of nitrogens with one attached hydrogen (secondary N) is 1. The van der Waals surface area contributed by atoms with Gasteiger partial charge in [-0.25, -0.2) is 15.0 Å². The van der Waals surface area contributed by atoms with Crippen molar-refractivity contribution in [3.8, 4) is 0 Å². The first kappa shape index (κ1) is 15.1. The Morgan fingerprint density at radius 2 is 2.23 bits per heavy atom. The van der Waals surface area contributed by atoms with Crippen molar-refractivity contribution >= 4 is 24.6 Å². The first-order valence-corrected chi connectivity index (χ1v) is 8.41. The van der Waals surface area contributed by atoms with Crippen molar-refractivity contribution in [1.29, 1.82) is 0 Å². The maximum absolute atomic E-state index is 10.9. The van der Waals surface area contributed by atoms with Gasteiger partial charge in [-0.1, -0.05) is 0 Å². The molecule has 118 valence electrons. The second kappa shape index (κ2) is 5.77. The van der Waals surface area contributed by atoms with Gasteiger partial charge in [0.25, 0.3) is 0 Å². The molecule has 0 unspecified atom stereocenters. The van der Waals surface area contributed by atoms with Crippen LogP contribution < -0.4 is 5.32 Å². The molecule has 0 amide bonds. The molecule has 3 rings (SSSR count). The van der Waals surface area contributed by atoms with E-state index in [1.807, 2.05) is 4.57 Å². The summed E-state index contributed by atoms with van der Waals surface area (Å²) in [5.41, 5.74) is 1.31. The fraction of sp³-hybridized carbons (Fsp3) is 0.417. The highest BCUT2D eigenvalue weighted by Gasteiger charge is 2.27. The highest BCUT2D eigenvalue weighted by Crippen LogP contribution is 2.38. The zero-order chi connectivity index (χ0) is 15.7. The molecule has 3 heterocycles. The predicted octanol–water partition coefficient (Wildman–Crippen LogP) is 1.24. The van der Waals surface area contributed by atoms with E-state index in [1.54, 1.807) is 13.4 Å². The summed E-state index contributed by atoms with van der Waals surface area (Å²) in [5, 5.41) is 2.95. The highest BCUT2D eigenvalue weighted by atomic mass is 31.2. The van der Waals surface area contributed by atoms with Gasteiger partial charge in [0.15, 0.2) is 11.5 Å². The molecule has 3 N–H and O–H groups in total. The van der Waals surface area contributed by atoms with Gasteiger partial charge in [0, 0.05) is 12.9 Å². The Labute approximate surface area is 126 Å². The second-order valence-electron chi connectivity index (χ2n) is 4.93. The molecule has 2 atom stereocenters. The Morgan fingerprint density at radius 1 is 1.41 bits per heavy atom. The number of aromatic nitrogens is 4. The van der Waals surface area contributed by atoms with Crippen LogP contribution in [0.15, 0.2) is 24.5 Å². The summed E-state index contributed by atoms with van der Waals surface area (Å²) in [5.74, 6) is 1.52. The van der Waals surface area contributed by atoms with Crippen molar-refractivity contribution in [3.05, 3.63) is 24.5 Å². The third kappa shape index (κ3) is 3.02. The number of hydrogen-bond acceptors (Lipinski definition) is 6. The summed E-state index contributed by atoms with van der Waals surface area (Å²) < 4.78 is 18.5. The molecule has 0 spiro atoms. The van der Waals surface area contributed by atoms with Crippen molar-refractivity contribution in [2.45, 2.75) is 25.2 Å². The summed E-state index contributed by atoms with van der Waals surface area (Å²) in [7, 11) is -2.40. The highest BCUT2D eigenvalue weighted by molar-refractivity contribution is 7.55. The maximum Gasteiger partial charge on any atom is 0.348 e. The standard InChI is InChI=1S/C12H16N5O4P/c1-13-11-10-12(15-6-14-11)17(7-16-10)9-3-2-8(21-9)4-5-22(18,19)20/h4-9H,2-3H2,1H3,(H,13,14,15)(H2,18,19,20)/b5-4+/t8-,9+/m0/s1. The van der Waals surface area contributed by atoms with E-state index in [-0.39, 0.29) is 12.3 Å². The number of rotatable bonds is 4. The van der Waals surface area contributed by atoms with Gasteiger partial charge in [-0.05, 0) is 18.9 Å². The Morgan fingerprint density at radius 3 is 2.95 bits per heavy atom. The van der Waals surface area contributed by atoms with Crippen LogP contribution in [-0.4, -0.2) is 42.5 Å². The number of anilines is 1. The average molecular weight is 325 g/mol. The first-order chi connectivity index (χ1) is 10.5. The van der Waals surface area contributed by atoms with E-state index >= 15 is 0 Å². The lowest BCUT2D eigenvalue weighted by atomic mass is 10.2. The minimum atomic E-state index is -4.16. The molecule has 2 aromatic rings. The molecule has 0 saturated carbocycles. The Balaban J connectivity index is 1.82. The molecular formula is C12H16N5O4P. The molecular weight excluding hydrogens is 309 g/mol. The summed E-state index contributed by atoms with van der Waals surface area (Å²) in [4.78, 5) is 30.3. The van der Waals surface area contributed by atoms with E-state index in [1.165, 1.54) is 12.4 Å². The lowest BCUT2D eigenvalue weighted by molar-refractivity contribution is 0.0259. The minimum absolute atomic E-state index is 0.268. The third-order valence-corrected chi connectivity index (χ3v) is 3.99. The van der Waals surface area contributed by atoms with Crippen LogP contribution in [0.5, 0.6) is 0 Å². The lowest BCUT2D eigenvalue weighted by Gasteiger charge is -2.13.